The van der Waals surface area contributed by atoms with Crippen LogP contribution in [-0.4, -0.2) is 43.2 Å². The summed E-state index contributed by atoms with van der Waals surface area (Å²) >= 11 is 1.68. The first-order valence-corrected chi connectivity index (χ1v) is 9.75. The number of fused-ring (bicyclic) bond motifs is 1. The van der Waals surface area contributed by atoms with E-state index in [4.69, 9.17) is 4.74 Å². The minimum absolute atomic E-state index is 0.121. The zero-order chi connectivity index (χ0) is 15.9. The zero-order valence-electron chi connectivity index (χ0n) is 13.6. The fraction of sp³-hybridized carbons (Fsp3) is 0.611. The molecule has 1 saturated heterocycles. The third kappa shape index (κ3) is 4.96. The van der Waals surface area contributed by atoms with Crippen LogP contribution in [0, 0.1) is 0 Å². The molecule has 5 heteroatoms. The summed E-state index contributed by atoms with van der Waals surface area (Å²) in [6.07, 6.45) is 4.98. The molecule has 0 spiro atoms. The second-order valence-electron chi connectivity index (χ2n) is 6.26. The Morgan fingerprint density at radius 1 is 1.35 bits per heavy atom. The molecule has 2 heterocycles. The van der Waals surface area contributed by atoms with Gasteiger partial charge >= 0.3 is 0 Å². The summed E-state index contributed by atoms with van der Waals surface area (Å²) in [7, 11) is 0. The van der Waals surface area contributed by atoms with Gasteiger partial charge < -0.3 is 15.4 Å². The van der Waals surface area contributed by atoms with Crippen molar-refractivity contribution in [3.8, 4) is 0 Å². The van der Waals surface area contributed by atoms with Crippen molar-refractivity contribution in [2.24, 2.45) is 0 Å². The first kappa shape index (κ1) is 16.8. The molecule has 1 aromatic carbocycles. The lowest BCUT2D eigenvalue weighted by Gasteiger charge is -2.27. The summed E-state index contributed by atoms with van der Waals surface area (Å²) in [5.74, 6) is 1.57. The van der Waals surface area contributed by atoms with E-state index in [0.29, 0.717) is 18.4 Å². The van der Waals surface area contributed by atoms with Crippen LogP contribution in [0.15, 0.2) is 24.3 Å². The highest BCUT2D eigenvalue weighted by molar-refractivity contribution is 7.99. The lowest BCUT2D eigenvalue weighted by molar-refractivity contribution is -0.118. The van der Waals surface area contributed by atoms with Crippen LogP contribution < -0.4 is 10.6 Å². The highest BCUT2D eigenvalue weighted by Crippen LogP contribution is 2.22. The van der Waals surface area contributed by atoms with Gasteiger partial charge in [-0.1, -0.05) is 24.3 Å². The van der Waals surface area contributed by atoms with Crippen molar-refractivity contribution in [2.75, 3.05) is 31.2 Å². The van der Waals surface area contributed by atoms with E-state index < -0.39 is 0 Å². The van der Waals surface area contributed by atoms with Crippen molar-refractivity contribution < 1.29 is 9.53 Å². The Kier molecular flexibility index (Phi) is 6.37. The molecule has 1 amide bonds. The Balaban J connectivity index is 1.38. The Morgan fingerprint density at radius 3 is 3.13 bits per heavy atom. The largest absolute Gasteiger partial charge is 0.377 e. The maximum Gasteiger partial charge on any atom is 0.230 e. The van der Waals surface area contributed by atoms with Crippen LogP contribution in [0.2, 0.25) is 0 Å². The SMILES string of the molecule is O=C(CSCC1CCCCO1)NCC1NCCc2ccccc21. The van der Waals surface area contributed by atoms with Crippen molar-refractivity contribution >= 4 is 17.7 Å². The number of carbonyl (C=O) groups excluding carboxylic acids is 1. The van der Waals surface area contributed by atoms with Gasteiger partial charge in [-0.15, -0.1) is 11.8 Å². The van der Waals surface area contributed by atoms with Crippen LogP contribution in [-0.2, 0) is 16.0 Å². The van der Waals surface area contributed by atoms with Gasteiger partial charge in [0.25, 0.3) is 0 Å². The second-order valence-corrected chi connectivity index (χ2v) is 7.29. The molecule has 2 N–H and O–H groups in total. The molecule has 2 aliphatic heterocycles. The number of hydrogen-bond donors (Lipinski definition) is 2. The van der Waals surface area contributed by atoms with Gasteiger partial charge in [0.2, 0.25) is 5.91 Å². The minimum Gasteiger partial charge on any atom is -0.377 e. The van der Waals surface area contributed by atoms with Gasteiger partial charge in [0.15, 0.2) is 0 Å². The normalized spacial score (nSPS) is 24.0. The van der Waals surface area contributed by atoms with Crippen LogP contribution in [0.25, 0.3) is 0 Å². The lowest BCUT2D eigenvalue weighted by atomic mass is 9.94. The number of hydrogen-bond acceptors (Lipinski definition) is 4. The molecule has 0 bridgehead atoms. The van der Waals surface area contributed by atoms with Crippen molar-refractivity contribution in [1.82, 2.24) is 10.6 Å². The van der Waals surface area contributed by atoms with E-state index in [-0.39, 0.29) is 11.9 Å². The third-order valence-corrected chi connectivity index (χ3v) is 5.60. The molecule has 1 fully saturated rings. The number of carbonyl (C=O) groups is 1. The first-order valence-electron chi connectivity index (χ1n) is 8.60. The molecule has 0 aromatic heterocycles. The molecule has 1 aromatic rings. The van der Waals surface area contributed by atoms with Crippen molar-refractivity contribution in [1.29, 1.82) is 0 Å². The smallest absolute Gasteiger partial charge is 0.230 e. The summed E-state index contributed by atoms with van der Waals surface area (Å²) in [5.41, 5.74) is 2.72. The maximum atomic E-state index is 12.0. The van der Waals surface area contributed by atoms with Gasteiger partial charge in [-0.05, 0) is 43.4 Å². The molecule has 2 atom stereocenters. The van der Waals surface area contributed by atoms with Crippen molar-refractivity contribution in [2.45, 2.75) is 37.8 Å². The average Bonchev–Trinajstić information content (AvgIpc) is 2.61. The van der Waals surface area contributed by atoms with Gasteiger partial charge in [-0.25, -0.2) is 0 Å². The highest BCUT2D eigenvalue weighted by Gasteiger charge is 2.19. The second kappa shape index (κ2) is 8.71. The lowest BCUT2D eigenvalue weighted by Crippen LogP contribution is -2.39. The molecular weight excluding hydrogens is 308 g/mol. The van der Waals surface area contributed by atoms with Gasteiger partial charge in [0, 0.05) is 24.9 Å². The summed E-state index contributed by atoms with van der Waals surface area (Å²) in [6.45, 7) is 2.52. The fourth-order valence-electron chi connectivity index (χ4n) is 3.26. The fourth-order valence-corrected chi connectivity index (χ4v) is 4.19. The molecular formula is C18H26N2O2S. The number of nitrogens with one attached hydrogen (secondary N) is 2. The van der Waals surface area contributed by atoms with Gasteiger partial charge in [0.05, 0.1) is 11.9 Å². The average molecular weight is 334 g/mol. The molecule has 2 aliphatic rings. The van der Waals surface area contributed by atoms with E-state index in [9.17, 15) is 4.79 Å². The van der Waals surface area contributed by atoms with Crippen LogP contribution >= 0.6 is 11.8 Å². The third-order valence-electron chi connectivity index (χ3n) is 4.53. The predicted molar refractivity (Wildman–Crippen MR) is 94.8 cm³/mol. The van der Waals surface area contributed by atoms with Crippen LogP contribution in [0.5, 0.6) is 0 Å². The number of thioether (sulfide) groups is 1. The molecule has 0 aliphatic carbocycles. The molecule has 126 valence electrons. The summed E-state index contributed by atoms with van der Waals surface area (Å²) in [5, 5.41) is 6.56. The van der Waals surface area contributed by atoms with Gasteiger partial charge in [-0.2, -0.15) is 0 Å². The van der Waals surface area contributed by atoms with E-state index in [1.165, 1.54) is 24.0 Å². The number of benzene rings is 1. The minimum atomic E-state index is 0.121. The zero-order valence-corrected chi connectivity index (χ0v) is 14.4. The Hall–Kier alpha value is -1.04. The monoisotopic (exact) mass is 334 g/mol. The molecule has 0 radical (unpaired) electrons. The van der Waals surface area contributed by atoms with E-state index in [2.05, 4.69) is 34.9 Å². The molecule has 4 nitrogen and oxygen atoms in total. The summed E-state index contributed by atoms with van der Waals surface area (Å²) < 4.78 is 5.69. The number of rotatable bonds is 6. The molecule has 2 unspecified atom stereocenters. The van der Waals surface area contributed by atoms with E-state index in [1.807, 2.05) is 0 Å². The van der Waals surface area contributed by atoms with Gasteiger partial charge in [-0.3, -0.25) is 4.79 Å². The highest BCUT2D eigenvalue weighted by atomic mass is 32.2. The van der Waals surface area contributed by atoms with E-state index >= 15 is 0 Å². The number of amides is 1. The number of ether oxygens (including phenoxy) is 1. The van der Waals surface area contributed by atoms with E-state index in [1.54, 1.807) is 11.8 Å². The first-order chi connectivity index (χ1) is 11.3. The van der Waals surface area contributed by atoms with Crippen LogP contribution in [0.4, 0.5) is 0 Å². The van der Waals surface area contributed by atoms with Crippen molar-refractivity contribution in [3.05, 3.63) is 35.4 Å². The molecule has 23 heavy (non-hydrogen) atoms. The Morgan fingerprint density at radius 2 is 2.26 bits per heavy atom. The van der Waals surface area contributed by atoms with Crippen LogP contribution in [0.1, 0.15) is 36.4 Å². The summed E-state index contributed by atoms with van der Waals surface area (Å²) in [4.78, 5) is 12.0. The predicted octanol–water partition coefficient (Wildman–Crippen LogP) is 2.29. The summed E-state index contributed by atoms with van der Waals surface area (Å²) in [6, 6.07) is 8.73. The topological polar surface area (TPSA) is 50.4 Å². The molecule has 0 saturated carbocycles. The molecule has 3 rings (SSSR count). The maximum absolute atomic E-state index is 12.0. The van der Waals surface area contributed by atoms with Gasteiger partial charge in [0.1, 0.15) is 0 Å². The van der Waals surface area contributed by atoms with E-state index in [0.717, 1.165) is 31.7 Å². The standard InChI is InChI=1S/C18H26N2O2S/c21-18(13-23-12-15-6-3-4-10-22-15)20-11-17-16-7-2-1-5-14(16)8-9-19-17/h1-2,5,7,15,17,19H,3-4,6,8-13H2,(H,20,21). The van der Waals surface area contributed by atoms with Crippen molar-refractivity contribution in [3.63, 3.8) is 0 Å². The Bertz CT molecular complexity index is 517. The van der Waals surface area contributed by atoms with Crippen LogP contribution in [0.3, 0.4) is 0 Å². The quantitative estimate of drug-likeness (QED) is 0.838. The Labute approximate surface area is 142 Å².